The van der Waals surface area contributed by atoms with Crippen LogP contribution in [0.15, 0.2) is 42.5 Å². The van der Waals surface area contributed by atoms with Gasteiger partial charge in [0.25, 0.3) is 5.54 Å². The Morgan fingerprint density at radius 2 is 2.05 bits per heavy atom. The summed E-state index contributed by atoms with van der Waals surface area (Å²) in [4.78, 5) is 21.3. The minimum absolute atomic E-state index is 0.263. The lowest BCUT2D eigenvalue weighted by Gasteiger charge is -2.16. The number of rotatable bonds is 6. The van der Waals surface area contributed by atoms with Crippen molar-refractivity contribution < 1.29 is 14.5 Å². The fraction of sp³-hybridized carbons (Fsp3) is 0.357. The highest BCUT2D eigenvalue weighted by atomic mass is 16.6. The molecule has 0 aliphatic rings. The zero-order valence-corrected chi connectivity index (χ0v) is 11.0. The lowest BCUT2D eigenvalue weighted by atomic mass is 10.0. The van der Waals surface area contributed by atoms with E-state index < -0.39 is 16.4 Å². The molecule has 0 aromatic heterocycles. The van der Waals surface area contributed by atoms with Gasteiger partial charge in [-0.15, -0.1) is 0 Å². The van der Waals surface area contributed by atoms with Crippen LogP contribution in [-0.2, 0) is 16.0 Å². The van der Waals surface area contributed by atoms with Gasteiger partial charge in [-0.1, -0.05) is 36.4 Å². The maximum absolute atomic E-state index is 11.0. The number of hydrogen-bond acceptors (Lipinski definition) is 4. The van der Waals surface area contributed by atoms with Gasteiger partial charge in [-0.05, 0) is 18.1 Å². The first-order valence-electron chi connectivity index (χ1n) is 5.93. The van der Waals surface area contributed by atoms with Crippen LogP contribution in [0.2, 0.25) is 0 Å². The highest BCUT2D eigenvalue weighted by Gasteiger charge is 2.35. The fourth-order valence-electron chi connectivity index (χ4n) is 1.47. The number of carbonyl (C=O) groups excluding carboxylic acids is 1. The number of carbonyl (C=O) groups is 1. The molecule has 1 rings (SSSR count). The number of esters is 1. The van der Waals surface area contributed by atoms with E-state index in [0.717, 1.165) is 5.56 Å². The molecule has 1 aromatic carbocycles. The van der Waals surface area contributed by atoms with Crippen LogP contribution in [-0.4, -0.2) is 23.0 Å². The van der Waals surface area contributed by atoms with E-state index in [1.165, 1.54) is 19.9 Å². The monoisotopic (exact) mass is 263 g/mol. The van der Waals surface area contributed by atoms with Crippen molar-refractivity contribution in [3.63, 3.8) is 0 Å². The van der Waals surface area contributed by atoms with Gasteiger partial charge in [-0.3, -0.25) is 14.9 Å². The summed E-state index contributed by atoms with van der Waals surface area (Å²) in [6, 6.07) is 9.62. The fourth-order valence-corrected chi connectivity index (χ4v) is 1.47. The van der Waals surface area contributed by atoms with Crippen molar-refractivity contribution in [1.29, 1.82) is 0 Å². The molecule has 0 spiro atoms. The third-order valence-corrected chi connectivity index (χ3v) is 2.66. The molecule has 0 amide bonds. The quantitative estimate of drug-likeness (QED) is 0.342. The topological polar surface area (TPSA) is 69.4 Å². The number of nitrogens with zero attached hydrogens (tertiary/aromatic N) is 1. The number of ether oxygens (including phenoxy) is 1. The summed E-state index contributed by atoms with van der Waals surface area (Å²) in [7, 11) is 0. The van der Waals surface area contributed by atoms with Crippen LogP contribution in [0, 0.1) is 10.1 Å². The first-order chi connectivity index (χ1) is 8.94. The number of hydrogen-bond donors (Lipinski definition) is 0. The van der Waals surface area contributed by atoms with Gasteiger partial charge < -0.3 is 4.74 Å². The molecule has 102 valence electrons. The van der Waals surface area contributed by atoms with Crippen LogP contribution in [0.5, 0.6) is 0 Å². The lowest BCUT2D eigenvalue weighted by Crippen LogP contribution is -2.38. The van der Waals surface area contributed by atoms with Gasteiger partial charge in [0, 0.05) is 18.8 Å². The van der Waals surface area contributed by atoms with Crippen LogP contribution in [0.4, 0.5) is 0 Å². The molecule has 19 heavy (non-hydrogen) atoms. The molecule has 0 saturated heterocycles. The van der Waals surface area contributed by atoms with Gasteiger partial charge in [0.05, 0.1) is 0 Å². The average Bonchev–Trinajstić information content (AvgIpc) is 2.37. The summed E-state index contributed by atoms with van der Waals surface area (Å²) in [5, 5.41) is 11.0. The first-order valence-corrected chi connectivity index (χ1v) is 5.93. The molecule has 5 heteroatoms. The van der Waals surface area contributed by atoms with E-state index in [0.29, 0.717) is 6.42 Å². The summed E-state index contributed by atoms with van der Waals surface area (Å²) in [5.41, 5.74) is -0.322. The maximum Gasteiger partial charge on any atom is 0.302 e. The Hall–Kier alpha value is -2.17. The molecule has 5 nitrogen and oxygen atoms in total. The van der Waals surface area contributed by atoms with E-state index in [1.807, 2.05) is 30.3 Å². The predicted octanol–water partition coefficient (Wildman–Crippen LogP) is 2.38. The van der Waals surface area contributed by atoms with Crippen LogP contribution < -0.4 is 0 Å². The zero-order valence-electron chi connectivity index (χ0n) is 11.0. The molecular weight excluding hydrogens is 246 g/mol. The molecule has 0 radical (unpaired) electrons. The van der Waals surface area contributed by atoms with Crippen molar-refractivity contribution in [2.45, 2.75) is 25.8 Å². The van der Waals surface area contributed by atoms with Crippen molar-refractivity contribution in [2.75, 3.05) is 6.61 Å². The van der Waals surface area contributed by atoms with Crippen molar-refractivity contribution in [1.82, 2.24) is 0 Å². The zero-order chi connectivity index (χ0) is 14.3. The van der Waals surface area contributed by atoms with E-state index >= 15 is 0 Å². The lowest BCUT2D eigenvalue weighted by molar-refractivity contribution is -0.553. The molecule has 0 heterocycles. The first kappa shape index (κ1) is 14.9. The largest absolute Gasteiger partial charge is 0.458 e. The van der Waals surface area contributed by atoms with Gasteiger partial charge in [0.1, 0.15) is 0 Å². The minimum Gasteiger partial charge on any atom is -0.458 e. The average molecular weight is 263 g/mol. The van der Waals surface area contributed by atoms with Crippen molar-refractivity contribution in [2.24, 2.45) is 0 Å². The van der Waals surface area contributed by atoms with Gasteiger partial charge >= 0.3 is 5.97 Å². The number of allylic oxidation sites excluding steroid dienone is 1. The summed E-state index contributed by atoms with van der Waals surface area (Å²) >= 11 is 0. The maximum atomic E-state index is 11.0. The smallest absolute Gasteiger partial charge is 0.302 e. The van der Waals surface area contributed by atoms with Crippen molar-refractivity contribution >= 4 is 5.97 Å². The van der Waals surface area contributed by atoms with Crippen molar-refractivity contribution in [3.8, 4) is 0 Å². The van der Waals surface area contributed by atoms with Gasteiger partial charge in [0.15, 0.2) is 6.61 Å². The Kier molecular flexibility index (Phi) is 5.23. The predicted molar refractivity (Wildman–Crippen MR) is 71.3 cm³/mol. The Bertz CT molecular complexity index is 470. The van der Waals surface area contributed by atoms with Crippen molar-refractivity contribution in [3.05, 3.63) is 58.2 Å². The Morgan fingerprint density at radius 1 is 1.42 bits per heavy atom. The highest BCUT2D eigenvalue weighted by Crippen LogP contribution is 2.13. The molecule has 0 aliphatic carbocycles. The van der Waals surface area contributed by atoms with E-state index in [4.69, 9.17) is 4.74 Å². The molecular formula is C14H17NO4. The van der Waals surface area contributed by atoms with Gasteiger partial charge in [-0.2, -0.15) is 0 Å². The van der Waals surface area contributed by atoms with Gasteiger partial charge in [-0.25, -0.2) is 0 Å². The summed E-state index contributed by atoms with van der Waals surface area (Å²) < 4.78 is 4.74. The summed E-state index contributed by atoms with van der Waals surface area (Å²) in [6.07, 6.45) is 3.80. The molecule has 0 N–H and O–H groups in total. The summed E-state index contributed by atoms with van der Waals surface area (Å²) in [5.74, 6) is -0.524. The van der Waals surface area contributed by atoms with E-state index in [9.17, 15) is 14.9 Å². The van der Waals surface area contributed by atoms with Crippen LogP contribution in [0.25, 0.3) is 0 Å². The minimum atomic E-state index is -1.39. The van der Waals surface area contributed by atoms with E-state index in [2.05, 4.69) is 0 Å². The second kappa shape index (κ2) is 6.68. The molecule has 1 atom stereocenters. The van der Waals surface area contributed by atoms with Gasteiger partial charge in [0.2, 0.25) is 0 Å². The van der Waals surface area contributed by atoms with Crippen LogP contribution >= 0.6 is 0 Å². The molecule has 0 saturated carbocycles. The molecule has 0 fully saturated rings. The van der Waals surface area contributed by atoms with E-state index in [-0.39, 0.29) is 6.61 Å². The second-order valence-corrected chi connectivity index (χ2v) is 4.49. The third kappa shape index (κ3) is 4.91. The SMILES string of the molecule is CC(=O)OCC(C)(/C=C/Cc1ccccc1)[N+](=O)[O-]. The standard InChI is InChI=1S/C14H17NO4/c1-12(16)19-11-14(2,15(17)18)10-6-9-13-7-4-3-5-8-13/h3-8,10H,9,11H2,1-2H3/b10-6+. The molecule has 0 aliphatic heterocycles. The molecule has 1 unspecified atom stereocenters. The normalized spacial score (nSPS) is 14.0. The van der Waals surface area contributed by atoms with E-state index in [1.54, 1.807) is 6.08 Å². The summed E-state index contributed by atoms with van der Waals surface area (Å²) in [6.45, 7) is 2.39. The molecule has 1 aromatic rings. The Labute approximate surface area is 112 Å². The van der Waals surface area contributed by atoms with Crippen LogP contribution in [0.3, 0.4) is 0 Å². The Balaban J connectivity index is 2.67. The number of nitro groups is 1. The Morgan fingerprint density at radius 3 is 2.58 bits per heavy atom. The second-order valence-electron chi connectivity index (χ2n) is 4.49. The highest BCUT2D eigenvalue weighted by molar-refractivity contribution is 5.66. The van der Waals surface area contributed by atoms with Crippen LogP contribution in [0.1, 0.15) is 19.4 Å². The number of benzene rings is 1. The third-order valence-electron chi connectivity index (χ3n) is 2.66. The molecule has 0 bridgehead atoms.